The van der Waals surface area contributed by atoms with E-state index in [0.717, 1.165) is 18.4 Å². The van der Waals surface area contributed by atoms with Crippen molar-refractivity contribution in [3.8, 4) is 11.5 Å². The highest BCUT2D eigenvalue weighted by Crippen LogP contribution is 2.45. The molecule has 0 aromatic heterocycles. The van der Waals surface area contributed by atoms with E-state index in [4.69, 9.17) is 9.47 Å². The summed E-state index contributed by atoms with van der Waals surface area (Å²) in [6, 6.07) is 5.55. The fourth-order valence-corrected chi connectivity index (χ4v) is 4.07. The summed E-state index contributed by atoms with van der Waals surface area (Å²) < 4.78 is 10.5. The van der Waals surface area contributed by atoms with Crippen molar-refractivity contribution in [2.24, 2.45) is 11.3 Å². The molecular formula is C21H29NO6. The molecule has 0 radical (unpaired) electrons. The van der Waals surface area contributed by atoms with Crippen LogP contribution >= 0.6 is 0 Å². The normalized spacial score (nSPS) is 24.7. The van der Waals surface area contributed by atoms with E-state index < -0.39 is 17.5 Å². The predicted molar refractivity (Wildman–Crippen MR) is 102 cm³/mol. The lowest BCUT2D eigenvalue weighted by atomic mass is 9.73. The molecular weight excluding hydrogens is 362 g/mol. The number of carboxylic acids is 1. The number of nitrogens with zero attached hydrogens (tertiary/aromatic N) is 1. The first kappa shape index (κ1) is 20.5. The summed E-state index contributed by atoms with van der Waals surface area (Å²) in [5.74, 6) is 0.525. The number of carbonyl (C=O) groups is 2. The predicted octanol–water partition coefficient (Wildman–Crippen LogP) is 2.10. The van der Waals surface area contributed by atoms with E-state index in [1.807, 2.05) is 12.1 Å². The van der Waals surface area contributed by atoms with Gasteiger partial charge in [0.2, 0.25) is 5.91 Å². The highest BCUT2D eigenvalue weighted by Gasteiger charge is 2.52. The van der Waals surface area contributed by atoms with Gasteiger partial charge in [-0.3, -0.25) is 9.59 Å². The molecule has 2 fully saturated rings. The van der Waals surface area contributed by atoms with Crippen molar-refractivity contribution in [3.63, 3.8) is 0 Å². The van der Waals surface area contributed by atoms with Crippen LogP contribution in [0, 0.1) is 11.3 Å². The van der Waals surface area contributed by atoms with E-state index in [9.17, 15) is 19.8 Å². The van der Waals surface area contributed by atoms with E-state index in [-0.39, 0.29) is 18.9 Å². The lowest BCUT2D eigenvalue weighted by Crippen LogP contribution is -2.57. The molecule has 2 N–H and O–H groups in total. The summed E-state index contributed by atoms with van der Waals surface area (Å²) in [6.07, 6.45) is 2.68. The number of rotatable bonds is 8. The molecule has 1 saturated carbocycles. The zero-order chi connectivity index (χ0) is 20.3. The number of hydrogen-bond donors (Lipinski definition) is 2. The number of benzene rings is 1. The van der Waals surface area contributed by atoms with Crippen LogP contribution < -0.4 is 9.47 Å². The number of hydrogen-bond acceptors (Lipinski definition) is 5. The van der Waals surface area contributed by atoms with Crippen molar-refractivity contribution in [2.45, 2.75) is 44.6 Å². The summed E-state index contributed by atoms with van der Waals surface area (Å²) in [7, 11) is 3.14. The van der Waals surface area contributed by atoms with Crippen molar-refractivity contribution in [1.82, 2.24) is 4.90 Å². The number of aliphatic hydroxyl groups excluding tert-OH is 1. The number of likely N-dealkylation sites (tertiary alicyclic amines) is 1. The fourth-order valence-electron chi connectivity index (χ4n) is 4.07. The van der Waals surface area contributed by atoms with Gasteiger partial charge in [-0.05, 0) is 42.9 Å². The largest absolute Gasteiger partial charge is 0.493 e. The van der Waals surface area contributed by atoms with Crippen LogP contribution in [0.15, 0.2) is 18.2 Å². The first-order valence-electron chi connectivity index (χ1n) is 9.79. The molecule has 154 valence electrons. The smallest absolute Gasteiger partial charge is 0.314 e. The molecule has 1 saturated heterocycles. The van der Waals surface area contributed by atoms with Crippen molar-refractivity contribution in [1.29, 1.82) is 0 Å². The number of ether oxygens (including phenoxy) is 2. The molecule has 1 aliphatic heterocycles. The molecule has 0 spiro atoms. The summed E-state index contributed by atoms with van der Waals surface area (Å²) in [4.78, 5) is 26.4. The van der Waals surface area contributed by atoms with E-state index >= 15 is 0 Å². The first-order valence-corrected chi connectivity index (χ1v) is 9.79. The number of methoxy groups -OCH3 is 2. The van der Waals surface area contributed by atoms with Crippen molar-refractivity contribution in [2.75, 3.05) is 27.3 Å². The molecule has 1 aliphatic carbocycles. The van der Waals surface area contributed by atoms with E-state index in [1.54, 1.807) is 25.2 Å². The molecule has 7 heteroatoms. The van der Waals surface area contributed by atoms with Gasteiger partial charge in [0.1, 0.15) is 5.41 Å². The number of carboxylic acid groups (broad SMARTS) is 1. The Morgan fingerprint density at radius 2 is 1.89 bits per heavy atom. The van der Waals surface area contributed by atoms with Crippen LogP contribution in [0.4, 0.5) is 0 Å². The lowest BCUT2D eigenvalue weighted by Gasteiger charge is -2.43. The Morgan fingerprint density at radius 1 is 1.18 bits per heavy atom. The van der Waals surface area contributed by atoms with Gasteiger partial charge in [0.15, 0.2) is 11.5 Å². The average Bonchev–Trinajstić information content (AvgIpc) is 3.51. The molecule has 1 aromatic carbocycles. The topological polar surface area (TPSA) is 96.3 Å². The Kier molecular flexibility index (Phi) is 6.13. The number of aryl methyl sites for hydroxylation is 1. The molecule has 3 rings (SSSR count). The van der Waals surface area contributed by atoms with Crippen LogP contribution in [0.2, 0.25) is 0 Å². The zero-order valence-corrected chi connectivity index (χ0v) is 16.5. The Balaban J connectivity index is 1.64. The summed E-state index contributed by atoms with van der Waals surface area (Å²) in [5, 5.41) is 20.3. The number of piperidine rings is 1. The SMILES string of the molecule is COc1ccc(CCC(=O)N2CC[C@@H](O)[C@](CC3CC3)(C(=O)O)C2)cc1OC. The minimum Gasteiger partial charge on any atom is -0.493 e. The second-order valence-electron chi connectivity index (χ2n) is 7.92. The van der Waals surface area contributed by atoms with Crippen LogP contribution in [0.1, 0.15) is 37.7 Å². The Bertz CT molecular complexity index is 732. The maximum atomic E-state index is 12.8. The maximum absolute atomic E-state index is 12.8. The molecule has 7 nitrogen and oxygen atoms in total. The van der Waals surface area contributed by atoms with Crippen LogP contribution in [0.5, 0.6) is 11.5 Å². The van der Waals surface area contributed by atoms with Gasteiger partial charge in [-0.15, -0.1) is 0 Å². The average molecular weight is 391 g/mol. The lowest BCUT2D eigenvalue weighted by molar-refractivity contribution is -0.167. The summed E-state index contributed by atoms with van der Waals surface area (Å²) in [5.41, 5.74) is -0.288. The molecule has 0 bridgehead atoms. The van der Waals surface area contributed by atoms with Gasteiger partial charge < -0.3 is 24.6 Å². The van der Waals surface area contributed by atoms with Crippen LogP contribution in [-0.2, 0) is 16.0 Å². The second-order valence-corrected chi connectivity index (χ2v) is 7.92. The number of aliphatic hydroxyl groups is 1. The van der Waals surface area contributed by atoms with Crippen molar-refractivity contribution in [3.05, 3.63) is 23.8 Å². The molecule has 2 aliphatic rings. The molecule has 0 unspecified atom stereocenters. The van der Waals surface area contributed by atoms with E-state index in [1.165, 1.54) is 0 Å². The highest BCUT2D eigenvalue weighted by atomic mass is 16.5. The molecule has 1 aromatic rings. The van der Waals surface area contributed by atoms with Crippen LogP contribution in [0.25, 0.3) is 0 Å². The number of aliphatic carboxylic acids is 1. The van der Waals surface area contributed by atoms with Gasteiger partial charge in [-0.1, -0.05) is 18.9 Å². The fraction of sp³-hybridized carbons (Fsp3) is 0.619. The Morgan fingerprint density at radius 3 is 2.50 bits per heavy atom. The summed E-state index contributed by atoms with van der Waals surface area (Å²) in [6.45, 7) is 0.483. The third-order valence-electron chi connectivity index (χ3n) is 5.99. The molecule has 1 heterocycles. The van der Waals surface area contributed by atoms with Gasteiger partial charge >= 0.3 is 5.97 Å². The van der Waals surface area contributed by atoms with Crippen molar-refractivity contribution >= 4 is 11.9 Å². The van der Waals surface area contributed by atoms with Gasteiger partial charge in [0, 0.05) is 19.5 Å². The molecule has 28 heavy (non-hydrogen) atoms. The maximum Gasteiger partial charge on any atom is 0.314 e. The monoisotopic (exact) mass is 391 g/mol. The number of carbonyl (C=O) groups excluding carboxylic acids is 1. The quantitative estimate of drug-likeness (QED) is 0.705. The highest BCUT2D eigenvalue weighted by molar-refractivity contribution is 5.80. The minimum absolute atomic E-state index is 0.0805. The van der Waals surface area contributed by atoms with E-state index in [2.05, 4.69) is 0 Å². The number of amides is 1. The van der Waals surface area contributed by atoms with Crippen molar-refractivity contribution < 1.29 is 29.3 Å². The standard InChI is InChI=1S/C21H29NO6/c1-27-16-7-5-14(11-17(16)28-2)6-8-19(24)22-10-9-18(23)21(13-22,20(25)26)12-15-3-4-15/h5,7,11,15,18,23H,3-4,6,8-10,12-13H2,1-2H3,(H,25,26)/t18-,21-/m1/s1. The summed E-state index contributed by atoms with van der Waals surface area (Å²) >= 11 is 0. The van der Waals surface area contributed by atoms with Gasteiger partial charge in [0.25, 0.3) is 0 Å². The van der Waals surface area contributed by atoms with Crippen LogP contribution in [0.3, 0.4) is 0 Å². The van der Waals surface area contributed by atoms with Gasteiger partial charge in [-0.2, -0.15) is 0 Å². The minimum atomic E-state index is -1.24. The van der Waals surface area contributed by atoms with E-state index in [0.29, 0.717) is 43.2 Å². The van der Waals surface area contributed by atoms with Crippen LogP contribution in [-0.4, -0.2) is 60.4 Å². The third kappa shape index (κ3) is 4.24. The second kappa shape index (κ2) is 8.39. The Labute approximate surface area is 165 Å². The zero-order valence-electron chi connectivity index (χ0n) is 16.5. The van der Waals surface area contributed by atoms with Gasteiger partial charge in [0.05, 0.1) is 20.3 Å². The first-order chi connectivity index (χ1) is 13.4. The molecule has 2 atom stereocenters. The molecule has 1 amide bonds. The Hall–Kier alpha value is -2.28. The van der Waals surface area contributed by atoms with Gasteiger partial charge in [-0.25, -0.2) is 0 Å². The third-order valence-corrected chi connectivity index (χ3v) is 5.99.